The van der Waals surface area contributed by atoms with Gasteiger partial charge >= 0.3 is 23.9 Å². The Bertz CT molecular complexity index is 2990. The van der Waals surface area contributed by atoms with Gasteiger partial charge in [0.15, 0.2) is 0 Å². The van der Waals surface area contributed by atoms with Gasteiger partial charge in [-0.15, -0.1) is 0 Å². The highest BCUT2D eigenvalue weighted by Gasteiger charge is 2.37. The second-order valence-electron chi connectivity index (χ2n) is 19.0. The molecule has 0 unspecified atom stereocenters. The van der Waals surface area contributed by atoms with Gasteiger partial charge in [-0.25, -0.2) is 8.97 Å². The van der Waals surface area contributed by atoms with E-state index < -0.39 is 55.9 Å². The number of anilines is 3. The molecule has 0 radical (unpaired) electrons. The fraction of sp³-hybridized carbons (Fsp3) is 0.453. The molecular weight excluding hydrogens is 946 g/mol. The van der Waals surface area contributed by atoms with Crippen LogP contribution >= 0.6 is 0 Å². The van der Waals surface area contributed by atoms with Gasteiger partial charge in [0.1, 0.15) is 87.0 Å². The van der Waals surface area contributed by atoms with Crippen LogP contribution in [0.25, 0.3) is 16.0 Å². The van der Waals surface area contributed by atoms with Gasteiger partial charge < -0.3 is 54.1 Å². The zero-order chi connectivity index (χ0) is 51.2. The monoisotopic (exact) mass is 1000 g/mol. The molecule has 19 nitrogen and oxygen atoms in total. The molecule has 4 aromatic rings. The number of carboxylic acid groups (broad SMARTS) is 4. The first-order valence-electron chi connectivity index (χ1n) is 25.1. The van der Waals surface area contributed by atoms with Crippen molar-refractivity contribution in [2.75, 3.05) is 93.4 Å². The van der Waals surface area contributed by atoms with Gasteiger partial charge in [-0.2, -0.15) is 0 Å². The summed E-state index contributed by atoms with van der Waals surface area (Å²) in [5, 5.41) is 45.4. The van der Waals surface area contributed by atoms with E-state index in [2.05, 4.69) is 31.6 Å². The average Bonchev–Trinajstić information content (AvgIpc) is 3.35. The van der Waals surface area contributed by atoms with E-state index in [-0.39, 0.29) is 42.7 Å². The highest BCUT2D eigenvalue weighted by Crippen LogP contribution is 2.51. The minimum absolute atomic E-state index is 0.0131. The SMILES string of the molecule is [N-]=[N+]=NCCCCCCOc1cc(OCCOc2cc(F)ccc2N(CC(=O)O)CC(=O)O)c(N(CC(=O)O)CC(=O)O)cc1C1=c2cc3c4c(c2Oc2c1cc1c5c2CCCN5CCC1)CCC[N+]=4CCC3. The number of halogens is 1. The van der Waals surface area contributed by atoms with Gasteiger partial charge in [-0.05, 0) is 92.8 Å². The lowest BCUT2D eigenvalue weighted by atomic mass is 9.82. The summed E-state index contributed by atoms with van der Waals surface area (Å²) < 4.78 is 43.6. The molecule has 73 heavy (non-hydrogen) atoms. The number of benzene rings is 4. The molecule has 0 saturated heterocycles. The van der Waals surface area contributed by atoms with E-state index in [4.69, 9.17) is 24.5 Å². The van der Waals surface area contributed by atoms with Crippen LogP contribution in [0, 0.1) is 5.82 Å². The maximum atomic E-state index is 14.7. The Morgan fingerprint density at radius 2 is 1.29 bits per heavy atom. The normalized spacial score (nSPS) is 14.8. The van der Waals surface area contributed by atoms with Crippen LogP contribution in [-0.4, -0.2) is 123 Å². The molecule has 5 aliphatic heterocycles. The summed E-state index contributed by atoms with van der Waals surface area (Å²) in [7, 11) is 0. The van der Waals surface area contributed by atoms with Crippen molar-refractivity contribution in [2.24, 2.45) is 5.11 Å². The Morgan fingerprint density at radius 1 is 0.671 bits per heavy atom. The van der Waals surface area contributed by atoms with Crippen molar-refractivity contribution in [1.29, 1.82) is 0 Å². The van der Waals surface area contributed by atoms with Crippen molar-refractivity contribution < 1.29 is 62.9 Å². The first-order chi connectivity index (χ1) is 35.4. The highest BCUT2D eigenvalue weighted by atomic mass is 19.1. The molecule has 0 atom stereocenters. The number of ether oxygens (including phenoxy) is 4. The third-order valence-corrected chi connectivity index (χ3v) is 14.0. The number of hydrogen-bond acceptors (Lipinski definition) is 12. The molecule has 20 heteroatoms. The summed E-state index contributed by atoms with van der Waals surface area (Å²) in [4.78, 5) is 56.2. The standard InChI is InChI=1S/C53H58FN7O12/c54-34-13-14-40(60(28-45(62)63)29-46(64)65)43(25-34)71-21-22-72-44-27-42(70-20-4-2-1-3-15-56-57-55)37(26-41(44)61(30-47(66)67)31-48(68)69)49-38-23-32-9-5-16-58-18-7-11-35(50(32)58)52(38)73-53-36-12-8-19-59-17-6-10-33(51(36)59)24-39(49)53/h13-14,23-27H,1-12,15-22,28-31H2,(H3-,62,63,64,65,66,67,68,69)/p+1. The number of azide groups is 1. The first kappa shape index (κ1) is 50.2. The summed E-state index contributed by atoms with van der Waals surface area (Å²) >= 11 is 0. The average molecular weight is 1010 g/mol. The van der Waals surface area contributed by atoms with Crippen LogP contribution in [-0.2, 0) is 44.9 Å². The number of nitrogens with zero attached hydrogens (tertiary/aromatic N) is 7. The highest BCUT2D eigenvalue weighted by molar-refractivity contribution is 5.93. The van der Waals surface area contributed by atoms with Crippen LogP contribution in [0.4, 0.5) is 21.5 Å². The zero-order valence-corrected chi connectivity index (χ0v) is 40.6. The van der Waals surface area contributed by atoms with Crippen LogP contribution in [0.3, 0.4) is 0 Å². The zero-order valence-electron chi connectivity index (χ0n) is 40.6. The number of carboxylic acids is 4. The van der Waals surface area contributed by atoms with Gasteiger partial charge in [0.25, 0.3) is 0 Å². The number of hydrogen-bond donors (Lipinski definition) is 4. The lowest BCUT2D eigenvalue weighted by Crippen LogP contribution is -2.45. The molecule has 0 saturated carbocycles. The number of aryl methyl sites for hydroxylation is 2. The van der Waals surface area contributed by atoms with E-state index in [0.717, 1.165) is 146 Å². The van der Waals surface area contributed by atoms with Crippen molar-refractivity contribution in [3.05, 3.63) is 103 Å². The van der Waals surface area contributed by atoms with Crippen LogP contribution < -0.4 is 48.8 Å². The van der Waals surface area contributed by atoms with Gasteiger partial charge in [0, 0.05) is 88.3 Å². The number of fused-ring (bicyclic) bond motifs is 4. The van der Waals surface area contributed by atoms with E-state index in [1.54, 1.807) is 12.1 Å². The molecule has 0 spiro atoms. The molecule has 0 fully saturated rings. The van der Waals surface area contributed by atoms with Gasteiger partial charge in [0.2, 0.25) is 5.36 Å². The molecule has 4 N–H and O–H groups in total. The number of unbranched alkanes of at least 4 members (excludes halogenated alkanes) is 3. The maximum absolute atomic E-state index is 14.7. The second-order valence-corrected chi connectivity index (χ2v) is 19.0. The van der Waals surface area contributed by atoms with Crippen molar-refractivity contribution in [1.82, 2.24) is 4.58 Å². The molecule has 4 aromatic carbocycles. The van der Waals surface area contributed by atoms with Gasteiger partial charge in [-0.1, -0.05) is 18.0 Å². The fourth-order valence-electron chi connectivity index (χ4n) is 11.2. The third kappa shape index (κ3) is 11.0. The molecule has 5 aliphatic rings. The Kier molecular flexibility index (Phi) is 15.4. The van der Waals surface area contributed by atoms with Crippen molar-refractivity contribution >= 4 is 46.5 Å². The minimum atomic E-state index is -1.32. The summed E-state index contributed by atoms with van der Waals surface area (Å²) in [6, 6.07) is 11.1. The fourth-order valence-corrected chi connectivity index (χ4v) is 11.2. The Labute approximate surface area is 419 Å². The molecule has 9 rings (SSSR count). The molecular formula is C53H59FN7O12+. The molecule has 384 valence electrons. The van der Waals surface area contributed by atoms with E-state index >= 15 is 0 Å². The maximum Gasteiger partial charge on any atom is 0.323 e. The molecule has 0 aromatic heterocycles. The van der Waals surface area contributed by atoms with Crippen molar-refractivity contribution in [3.63, 3.8) is 0 Å². The van der Waals surface area contributed by atoms with Gasteiger partial charge in [0.05, 0.1) is 23.5 Å². The Balaban J connectivity index is 1.20. The van der Waals surface area contributed by atoms with Crippen LogP contribution in [0.2, 0.25) is 0 Å². The summed E-state index contributed by atoms with van der Waals surface area (Å²) in [6.45, 7) is 1.05. The second kappa shape index (κ2) is 22.4. The predicted octanol–water partition coefficient (Wildman–Crippen LogP) is 5.92. The smallest absolute Gasteiger partial charge is 0.323 e. The summed E-state index contributed by atoms with van der Waals surface area (Å²) in [6.07, 6.45) is 10.2. The van der Waals surface area contributed by atoms with Crippen LogP contribution in [0.5, 0.6) is 28.7 Å². The summed E-state index contributed by atoms with van der Waals surface area (Å²) in [5.41, 5.74) is 17.1. The van der Waals surface area contributed by atoms with Crippen molar-refractivity contribution in [2.45, 2.75) is 77.0 Å². The van der Waals surface area contributed by atoms with Gasteiger partial charge in [-0.3, -0.25) is 19.2 Å². The van der Waals surface area contributed by atoms with Crippen LogP contribution in [0.1, 0.15) is 84.7 Å². The van der Waals surface area contributed by atoms with E-state index in [9.17, 15) is 44.0 Å². The van der Waals surface area contributed by atoms with E-state index in [0.29, 0.717) is 30.7 Å². The lowest BCUT2D eigenvalue weighted by Gasteiger charge is -2.39. The molecule has 0 bridgehead atoms. The third-order valence-electron chi connectivity index (χ3n) is 14.0. The minimum Gasteiger partial charge on any atom is -0.493 e. The predicted molar refractivity (Wildman–Crippen MR) is 267 cm³/mol. The van der Waals surface area contributed by atoms with Crippen LogP contribution in [0.15, 0.2) is 47.6 Å². The molecule has 0 aliphatic carbocycles. The quantitative estimate of drug-likeness (QED) is 0.0184. The largest absolute Gasteiger partial charge is 0.493 e. The van der Waals surface area contributed by atoms with E-state index in [1.165, 1.54) is 33.1 Å². The molecule has 5 heterocycles. The Morgan fingerprint density at radius 3 is 1.99 bits per heavy atom. The van der Waals surface area contributed by atoms with E-state index in [1.807, 2.05) is 0 Å². The molecule has 0 amide bonds. The first-order valence-corrected chi connectivity index (χ1v) is 25.1. The topological polar surface area (TPSA) is 248 Å². The number of rotatable bonds is 24. The number of aliphatic carboxylic acids is 4. The van der Waals surface area contributed by atoms with Crippen molar-refractivity contribution in [3.8, 4) is 28.7 Å². The lowest BCUT2D eigenvalue weighted by molar-refractivity contribution is -0.138. The Hall–Kier alpha value is -7.73. The number of carbonyl (C=O) groups is 4. The summed E-state index contributed by atoms with van der Waals surface area (Å²) in [5.74, 6) is -4.09.